The molecule has 1 saturated carbocycles. The normalized spacial score (nSPS) is 26.4. The number of carbonyl (C=O) groups excluding carboxylic acids is 2. The van der Waals surface area contributed by atoms with E-state index in [1.54, 1.807) is 32.0 Å². The molecule has 1 atom stereocenters. The largest absolute Gasteiger partial charge is 0.456 e. The van der Waals surface area contributed by atoms with Gasteiger partial charge in [-0.3, -0.25) is 9.59 Å². The summed E-state index contributed by atoms with van der Waals surface area (Å²) >= 11 is 12.2. The van der Waals surface area contributed by atoms with Crippen LogP contribution in [0.3, 0.4) is 0 Å². The standard InChI is InChI=1S/C16H16Cl2O3/c1-15(2)13(19)16(6-3-7-16)12(21-14(15)20)10-5-4-9(17)8-11(10)18/h4-5,8,12H,3,6-7H2,1-2H3. The summed E-state index contributed by atoms with van der Waals surface area (Å²) in [7, 11) is 0. The molecule has 1 aliphatic carbocycles. The van der Waals surface area contributed by atoms with E-state index in [1.807, 2.05) is 0 Å². The van der Waals surface area contributed by atoms with Crippen molar-refractivity contribution in [3.05, 3.63) is 33.8 Å². The van der Waals surface area contributed by atoms with E-state index in [0.29, 0.717) is 15.6 Å². The second kappa shape index (κ2) is 4.72. The lowest BCUT2D eigenvalue weighted by Crippen LogP contribution is -2.57. The maximum absolute atomic E-state index is 12.9. The van der Waals surface area contributed by atoms with E-state index in [9.17, 15) is 9.59 Å². The van der Waals surface area contributed by atoms with E-state index in [0.717, 1.165) is 19.3 Å². The fourth-order valence-electron chi connectivity index (χ4n) is 3.32. The van der Waals surface area contributed by atoms with Crippen molar-refractivity contribution >= 4 is 35.0 Å². The Hall–Kier alpha value is -1.06. The highest BCUT2D eigenvalue weighted by atomic mass is 35.5. The predicted molar refractivity (Wildman–Crippen MR) is 80.4 cm³/mol. The Morgan fingerprint density at radius 2 is 1.86 bits per heavy atom. The molecule has 1 saturated heterocycles. The van der Waals surface area contributed by atoms with Gasteiger partial charge in [0.1, 0.15) is 11.5 Å². The van der Waals surface area contributed by atoms with Gasteiger partial charge in [0.05, 0.1) is 5.41 Å². The summed E-state index contributed by atoms with van der Waals surface area (Å²) in [5, 5.41) is 0.944. The molecule has 112 valence electrons. The number of hydrogen-bond acceptors (Lipinski definition) is 3. The zero-order valence-electron chi connectivity index (χ0n) is 11.9. The first-order valence-corrected chi connectivity index (χ1v) is 7.75. The minimum Gasteiger partial charge on any atom is -0.456 e. The molecule has 1 unspecified atom stereocenters. The van der Waals surface area contributed by atoms with Crippen molar-refractivity contribution in [3.8, 4) is 0 Å². The third kappa shape index (κ3) is 2.01. The van der Waals surface area contributed by atoms with Crippen LogP contribution < -0.4 is 0 Å². The van der Waals surface area contributed by atoms with Gasteiger partial charge >= 0.3 is 5.97 Å². The summed E-state index contributed by atoms with van der Waals surface area (Å²) in [5.74, 6) is -0.519. The number of ketones is 1. The molecule has 21 heavy (non-hydrogen) atoms. The Kier molecular flexibility index (Phi) is 3.34. The van der Waals surface area contributed by atoms with E-state index in [2.05, 4.69) is 0 Å². The maximum atomic E-state index is 12.9. The van der Waals surface area contributed by atoms with Gasteiger partial charge in [0.2, 0.25) is 0 Å². The number of rotatable bonds is 1. The minimum absolute atomic E-state index is 0.0338. The van der Waals surface area contributed by atoms with Crippen molar-refractivity contribution in [3.63, 3.8) is 0 Å². The topological polar surface area (TPSA) is 43.4 Å². The van der Waals surface area contributed by atoms with Crippen molar-refractivity contribution in [1.82, 2.24) is 0 Å². The second-order valence-electron chi connectivity index (χ2n) is 6.42. The zero-order valence-corrected chi connectivity index (χ0v) is 13.4. The second-order valence-corrected chi connectivity index (χ2v) is 7.26. The molecule has 2 aliphatic rings. The third-order valence-corrected chi connectivity index (χ3v) is 5.31. The summed E-state index contributed by atoms with van der Waals surface area (Å²) in [6.07, 6.45) is 1.81. The summed E-state index contributed by atoms with van der Waals surface area (Å²) in [4.78, 5) is 25.1. The zero-order chi connectivity index (χ0) is 15.4. The number of Topliss-reactive ketones (excluding diaryl/α,β-unsaturated/α-hetero) is 1. The van der Waals surface area contributed by atoms with Crippen LogP contribution in [0.25, 0.3) is 0 Å². The van der Waals surface area contributed by atoms with Gasteiger partial charge in [0.25, 0.3) is 0 Å². The molecular weight excluding hydrogens is 311 g/mol. The quantitative estimate of drug-likeness (QED) is 0.569. The number of ether oxygens (including phenoxy) is 1. The third-order valence-electron chi connectivity index (χ3n) is 4.75. The SMILES string of the molecule is CC1(C)C(=O)OC(c2ccc(Cl)cc2Cl)C2(CCC2)C1=O. The van der Waals surface area contributed by atoms with Crippen LogP contribution in [0.15, 0.2) is 18.2 Å². The summed E-state index contributed by atoms with van der Waals surface area (Å²) in [6.45, 7) is 3.27. The Morgan fingerprint density at radius 3 is 2.38 bits per heavy atom. The van der Waals surface area contributed by atoms with E-state index >= 15 is 0 Å². The molecule has 0 amide bonds. The summed E-state index contributed by atoms with van der Waals surface area (Å²) in [6, 6.07) is 5.06. The van der Waals surface area contributed by atoms with Gasteiger partial charge in [-0.25, -0.2) is 0 Å². The van der Waals surface area contributed by atoms with Crippen molar-refractivity contribution < 1.29 is 14.3 Å². The van der Waals surface area contributed by atoms with Crippen molar-refractivity contribution in [2.75, 3.05) is 0 Å². The summed E-state index contributed by atoms with van der Waals surface area (Å²) in [5.41, 5.74) is -1.05. The molecule has 3 nitrogen and oxygen atoms in total. The van der Waals surface area contributed by atoms with Gasteiger partial charge < -0.3 is 4.74 Å². The number of cyclic esters (lactones) is 1. The average Bonchev–Trinajstić information content (AvgIpc) is 2.34. The van der Waals surface area contributed by atoms with Crippen LogP contribution in [0.4, 0.5) is 0 Å². The first-order chi connectivity index (χ1) is 9.79. The van der Waals surface area contributed by atoms with Gasteiger partial charge in [0, 0.05) is 15.6 Å². The molecule has 0 bridgehead atoms. The van der Waals surface area contributed by atoms with Gasteiger partial charge in [-0.15, -0.1) is 0 Å². The first-order valence-electron chi connectivity index (χ1n) is 7.00. The van der Waals surface area contributed by atoms with Crippen molar-refractivity contribution in [1.29, 1.82) is 0 Å². The first kappa shape index (κ1) is 14.9. The van der Waals surface area contributed by atoms with Crippen LogP contribution in [0.1, 0.15) is 44.8 Å². The molecule has 0 radical (unpaired) electrons. The van der Waals surface area contributed by atoms with Gasteiger partial charge in [-0.1, -0.05) is 35.7 Å². The van der Waals surface area contributed by atoms with Gasteiger partial charge in [-0.2, -0.15) is 0 Å². The molecule has 1 heterocycles. The highest BCUT2D eigenvalue weighted by molar-refractivity contribution is 6.35. The molecule has 0 aromatic heterocycles. The molecule has 1 aromatic carbocycles. The molecule has 0 N–H and O–H groups in total. The average molecular weight is 327 g/mol. The lowest BCUT2D eigenvalue weighted by molar-refractivity contribution is -0.197. The molecule has 1 aromatic rings. The monoisotopic (exact) mass is 326 g/mol. The molecule has 1 aliphatic heterocycles. The highest BCUT2D eigenvalue weighted by Gasteiger charge is 2.62. The van der Waals surface area contributed by atoms with E-state index in [-0.39, 0.29) is 5.78 Å². The molecule has 1 spiro atoms. The number of halogens is 2. The van der Waals surface area contributed by atoms with E-state index in [4.69, 9.17) is 27.9 Å². The Morgan fingerprint density at radius 1 is 1.19 bits per heavy atom. The van der Waals surface area contributed by atoms with Crippen molar-refractivity contribution in [2.45, 2.75) is 39.2 Å². The van der Waals surface area contributed by atoms with Gasteiger partial charge in [0.15, 0.2) is 5.78 Å². The lowest BCUT2D eigenvalue weighted by atomic mass is 9.55. The minimum atomic E-state index is -1.09. The molecule has 2 fully saturated rings. The summed E-state index contributed by atoms with van der Waals surface area (Å²) < 4.78 is 5.65. The van der Waals surface area contributed by atoms with E-state index in [1.165, 1.54) is 0 Å². The fraction of sp³-hybridized carbons (Fsp3) is 0.500. The molecule has 3 rings (SSSR count). The van der Waals surface area contributed by atoms with Crippen LogP contribution in [-0.4, -0.2) is 11.8 Å². The van der Waals surface area contributed by atoms with Crippen LogP contribution in [-0.2, 0) is 14.3 Å². The lowest BCUT2D eigenvalue weighted by Gasteiger charge is -2.52. The van der Waals surface area contributed by atoms with Crippen LogP contribution in [0.5, 0.6) is 0 Å². The Bertz CT molecular complexity index is 632. The van der Waals surface area contributed by atoms with Crippen LogP contribution in [0.2, 0.25) is 10.0 Å². The van der Waals surface area contributed by atoms with Crippen molar-refractivity contribution in [2.24, 2.45) is 10.8 Å². The molecule has 5 heteroatoms. The predicted octanol–water partition coefficient (Wildman–Crippen LogP) is 4.36. The van der Waals surface area contributed by atoms with Crippen LogP contribution in [0, 0.1) is 10.8 Å². The molecular formula is C16H16Cl2O3. The number of esters is 1. The number of carbonyl (C=O) groups is 2. The van der Waals surface area contributed by atoms with E-state index < -0.39 is 22.9 Å². The smallest absolute Gasteiger partial charge is 0.319 e. The van der Waals surface area contributed by atoms with Crippen LogP contribution >= 0.6 is 23.2 Å². The van der Waals surface area contributed by atoms with Gasteiger partial charge in [-0.05, 0) is 38.8 Å². The number of hydrogen-bond donors (Lipinski definition) is 0. The highest BCUT2D eigenvalue weighted by Crippen LogP contribution is 2.59. The fourth-order valence-corrected chi connectivity index (χ4v) is 3.83. The Labute approximate surface area is 133 Å². The maximum Gasteiger partial charge on any atom is 0.319 e. The Balaban J connectivity index is 2.09. The number of benzene rings is 1.